The maximum absolute atomic E-state index is 4.23. The maximum atomic E-state index is 4.23. The Morgan fingerprint density at radius 2 is 1.53 bits per heavy atom. The summed E-state index contributed by atoms with van der Waals surface area (Å²) in [6.07, 6.45) is 0. The maximum Gasteiger partial charge on any atom is 0.0931 e. The average Bonchev–Trinajstić information content (AvgIpc) is 2.48. The van der Waals surface area contributed by atoms with Crippen LogP contribution in [-0.4, -0.2) is 0 Å². The van der Waals surface area contributed by atoms with Crippen LogP contribution < -0.4 is 0 Å². The first kappa shape index (κ1) is 8.36. The Hall–Kier alpha value is -1.96. The van der Waals surface area contributed by atoms with E-state index in [4.69, 9.17) is 0 Å². The predicted molar refractivity (Wildman–Crippen MR) is 60.1 cm³/mol. The highest BCUT2D eigenvalue weighted by Gasteiger charge is 2.10. The summed E-state index contributed by atoms with van der Waals surface area (Å²) in [7, 11) is 0. The third-order valence-electron chi connectivity index (χ3n) is 2.63. The number of azo groups is 1. The van der Waals surface area contributed by atoms with Gasteiger partial charge < -0.3 is 0 Å². The quantitative estimate of drug-likeness (QED) is 0.606. The summed E-state index contributed by atoms with van der Waals surface area (Å²) in [4.78, 5) is 0. The molecule has 2 aromatic carbocycles. The Labute approximate surface area is 88.3 Å². The first-order chi connectivity index (χ1) is 7.45. The smallest absolute Gasteiger partial charge is 0.0931 e. The molecule has 0 aromatic heterocycles. The Kier molecular flexibility index (Phi) is 1.85. The van der Waals surface area contributed by atoms with Gasteiger partial charge in [-0.25, -0.2) is 0 Å². The third kappa shape index (κ3) is 1.34. The molecule has 1 aliphatic heterocycles. The van der Waals surface area contributed by atoms with Gasteiger partial charge in [0.25, 0.3) is 0 Å². The van der Waals surface area contributed by atoms with E-state index in [2.05, 4.69) is 34.5 Å². The van der Waals surface area contributed by atoms with Crippen LogP contribution in [0, 0.1) is 0 Å². The Bertz CT molecular complexity index is 530. The molecule has 0 spiro atoms. The van der Waals surface area contributed by atoms with Crippen molar-refractivity contribution in [2.75, 3.05) is 0 Å². The molecule has 2 nitrogen and oxygen atoms in total. The fraction of sp³-hybridized carbons (Fsp3) is 0.0769. The Morgan fingerprint density at radius 3 is 2.47 bits per heavy atom. The van der Waals surface area contributed by atoms with Crippen molar-refractivity contribution in [3.63, 3.8) is 0 Å². The van der Waals surface area contributed by atoms with Crippen LogP contribution in [0.1, 0.15) is 5.56 Å². The zero-order valence-electron chi connectivity index (χ0n) is 8.22. The minimum Gasteiger partial charge on any atom is -0.184 e. The van der Waals surface area contributed by atoms with E-state index in [1.54, 1.807) is 0 Å². The molecule has 15 heavy (non-hydrogen) atoms. The van der Waals surface area contributed by atoms with Crippen molar-refractivity contribution in [2.45, 2.75) is 6.54 Å². The van der Waals surface area contributed by atoms with Crippen molar-refractivity contribution in [1.29, 1.82) is 0 Å². The summed E-state index contributed by atoms with van der Waals surface area (Å²) in [6, 6.07) is 16.5. The van der Waals surface area contributed by atoms with Crippen LogP contribution in [0.3, 0.4) is 0 Å². The van der Waals surface area contributed by atoms with Crippen LogP contribution in [0.25, 0.3) is 11.1 Å². The van der Waals surface area contributed by atoms with Crippen molar-refractivity contribution in [1.82, 2.24) is 0 Å². The summed E-state index contributed by atoms with van der Waals surface area (Å²) in [6.45, 7) is 0.671. The highest BCUT2D eigenvalue weighted by atomic mass is 15.1. The van der Waals surface area contributed by atoms with Crippen molar-refractivity contribution in [3.05, 3.63) is 54.1 Å². The Morgan fingerprint density at radius 1 is 0.800 bits per heavy atom. The first-order valence-corrected chi connectivity index (χ1v) is 5.00. The monoisotopic (exact) mass is 194 g/mol. The zero-order valence-corrected chi connectivity index (χ0v) is 8.22. The number of nitrogens with zero attached hydrogens (tertiary/aromatic N) is 2. The van der Waals surface area contributed by atoms with Gasteiger partial charge in [0.2, 0.25) is 0 Å². The molecule has 2 aromatic rings. The van der Waals surface area contributed by atoms with Gasteiger partial charge >= 0.3 is 0 Å². The topological polar surface area (TPSA) is 24.7 Å². The normalized spacial score (nSPS) is 12.8. The van der Waals surface area contributed by atoms with Gasteiger partial charge in [0.15, 0.2) is 0 Å². The first-order valence-electron chi connectivity index (χ1n) is 5.00. The second-order valence-corrected chi connectivity index (χ2v) is 3.57. The van der Waals surface area contributed by atoms with Crippen LogP contribution in [-0.2, 0) is 6.54 Å². The van der Waals surface area contributed by atoms with E-state index < -0.39 is 0 Å². The molecule has 0 saturated heterocycles. The standard InChI is InChI=1S/C13H10N2/c1-2-6-11-10(5-1)9-14-15-13-8-4-3-7-12(11)13/h1-8H,9H2. The lowest BCUT2D eigenvalue weighted by molar-refractivity contribution is 0.973. The number of hydrogen-bond acceptors (Lipinski definition) is 2. The number of fused-ring (bicyclic) bond motifs is 3. The Balaban J connectivity index is 2.33. The summed E-state index contributed by atoms with van der Waals surface area (Å²) in [5, 5.41) is 8.41. The fourth-order valence-electron chi connectivity index (χ4n) is 1.90. The van der Waals surface area contributed by atoms with Gasteiger partial charge in [0.05, 0.1) is 12.2 Å². The van der Waals surface area contributed by atoms with Gasteiger partial charge in [-0.1, -0.05) is 42.5 Å². The summed E-state index contributed by atoms with van der Waals surface area (Å²) in [5.74, 6) is 0. The van der Waals surface area contributed by atoms with Gasteiger partial charge in [-0.05, 0) is 17.2 Å². The van der Waals surface area contributed by atoms with E-state index in [0.717, 1.165) is 5.69 Å². The van der Waals surface area contributed by atoms with Crippen LogP contribution >= 0.6 is 0 Å². The van der Waals surface area contributed by atoms with Gasteiger partial charge in [-0.2, -0.15) is 10.2 Å². The van der Waals surface area contributed by atoms with E-state index in [1.807, 2.05) is 24.3 Å². The number of rotatable bonds is 0. The van der Waals surface area contributed by atoms with Gasteiger partial charge in [-0.3, -0.25) is 0 Å². The molecule has 0 atom stereocenters. The summed E-state index contributed by atoms with van der Waals surface area (Å²) in [5.41, 5.74) is 4.63. The minimum absolute atomic E-state index is 0.671. The molecule has 0 aliphatic carbocycles. The largest absolute Gasteiger partial charge is 0.184 e. The second-order valence-electron chi connectivity index (χ2n) is 3.57. The summed E-state index contributed by atoms with van der Waals surface area (Å²) >= 11 is 0. The average molecular weight is 194 g/mol. The van der Waals surface area contributed by atoms with E-state index in [-0.39, 0.29) is 0 Å². The van der Waals surface area contributed by atoms with Crippen LogP contribution in [0.4, 0.5) is 5.69 Å². The number of benzene rings is 2. The van der Waals surface area contributed by atoms with Crippen LogP contribution in [0.5, 0.6) is 0 Å². The van der Waals surface area contributed by atoms with Gasteiger partial charge in [0.1, 0.15) is 0 Å². The highest BCUT2D eigenvalue weighted by molar-refractivity contribution is 5.78. The molecule has 0 bridgehead atoms. The molecule has 0 unspecified atom stereocenters. The molecule has 1 aliphatic rings. The van der Waals surface area contributed by atoms with Gasteiger partial charge in [0, 0.05) is 5.56 Å². The summed E-state index contributed by atoms with van der Waals surface area (Å²) < 4.78 is 0. The van der Waals surface area contributed by atoms with E-state index >= 15 is 0 Å². The van der Waals surface area contributed by atoms with E-state index in [0.29, 0.717) is 6.54 Å². The lowest BCUT2D eigenvalue weighted by Gasteiger charge is -2.05. The SMILES string of the molecule is c1ccc2c(c1)CN=Nc1ccccc1-2. The highest BCUT2D eigenvalue weighted by Crippen LogP contribution is 2.35. The van der Waals surface area contributed by atoms with Crippen molar-refractivity contribution < 1.29 is 0 Å². The molecule has 0 N–H and O–H groups in total. The van der Waals surface area contributed by atoms with Crippen molar-refractivity contribution >= 4 is 5.69 Å². The molecule has 0 fully saturated rings. The fourth-order valence-corrected chi connectivity index (χ4v) is 1.90. The molecule has 2 heteroatoms. The van der Waals surface area contributed by atoms with Gasteiger partial charge in [-0.15, -0.1) is 0 Å². The molecule has 72 valence electrons. The number of hydrogen-bond donors (Lipinski definition) is 0. The molecule has 0 radical (unpaired) electrons. The zero-order chi connectivity index (χ0) is 10.1. The van der Waals surface area contributed by atoms with Crippen LogP contribution in [0.2, 0.25) is 0 Å². The van der Waals surface area contributed by atoms with Crippen LogP contribution in [0.15, 0.2) is 58.8 Å². The van der Waals surface area contributed by atoms with Crippen molar-refractivity contribution in [2.24, 2.45) is 10.2 Å². The molecular formula is C13H10N2. The molecular weight excluding hydrogens is 184 g/mol. The minimum atomic E-state index is 0.671. The molecule has 1 heterocycles. The third-order valence-corrected chi connectivity index (χ3v) is 2.63. The molecule has 3 rings (SSSR count). The predicted octanol–water partition coefficient (Wildman–Crippen LogP) is 3.95. The molecule has 0 saturated carbocycles. The lowest BCUT2D eigenvalue weighted by Crippen LogP contribution is -1.84. The van der Waals surface area contributed by atoms with Crippen molar-refractivity contribution in [3.8, 4) is 11.1 Å². The van der Waals surface area contributed by atoms with E-state index in [9.17, 15) is 0 Å². The lowest BCUT2D eigenvalue weighted by atomic mass is 9.99. The molecule has 0 amide bonds. The second kappa shape index (κ2) is 3.31. The van der Waals surface area contributed by atoms with E-state index in [1.165, 1.54) is 16.7 Å².